The molecule has 2 amide bonds. The summed E-state index contributed by atoms with van der Waals surface area (Å²) in [5, 5.41) is 11.8. The quantitative estimate of drug-likeness (QED) is 0.790. The van der Waals surface area contributed by atoms with Crippen molar-refractivity contribution < 1.29 is 14.7 Å². The fourth-order valence-electron chi connectivity index (χ4n) is 1.82. The Morgan fingerprint density at radius 2 is 2.05 bits per heavy atom. The third-order valence-corrected chi connectivity index (χ3v) is 2.77. The van der Waals surface area contributed by atoms with Crippen molar-refractivity contribution in [2.24, 2.45) is 5.92 Å². The van der Waals surface area contributed by atoms with Crippen LogP contribution in [0, 0.1) is 5.92 Å². The van der Waals surface area contributed by atoms with Crippen molar-refractivity contribution in [2.75, 3.05) is 7.05 Å². The Balaban J connectivity index is 0.00000361. The van der Waals surface area contributed by atoms with Gasteiger partial charge in [0.25, 0.3) is 0 Å². The molecule has 105 valence electrons. The first-order valence-electron chi connectivity index (χ1n) is 6.07. The van der Waals surface area contributed by atoms with Crippen molar-refractivity contribution in [2.45, 2.75) is 26.4 Å². The van der Waals surface area contributed by atoms with Crippen LogP contribution in [-0.4, -0.2) is 69.6 Å². The molecule has 7 heteroatoms. The number of nitrogens with one attached hydrogen (secondary N) is 1. The molecule has 0 bridgehead atoms. The maximum Gasteiger partial charge on any atom is 0.326 e. The van der Waals surface area contributed by atoms with Crippen LogP contribution in [0.4, 0.5) is 4.79 Å². The summed E-state index contributed by atoms with van der Waals surface area (Å²) in [5.41, 5.74) is 0.723. The molecule has 1 radical (unpaired) electrons. The maximum absolute atomic E-state index is 11.9. The Morgan fingerprint density at radius 3 is 2.50 bits per heavy atom. The molecular formula is C13H19N3NaO3. The molecule has 0 aliphatic carbocycles. The molecule has 0 saturated carbocycles. The van der Waals surface area contributed by atoms with Gasteiger partial charge in [0, 0.05) is 42.8 Å². The van der Waals surface area contributed by atoms with E-state index in [4.69, 9.17) is 5.11 Å². The number of carbonyl (C=O) groups is 2. The zero-order valence-corrected chi connectivity index (χ0v) is 14.3. The number of likely N-dealkylation sites (N-methyl/N-ethyl adjacent to an activating group) is 1. The smallest absolute Gasteiger partial charge is 0.326 e. The zero-order valence-electron chi connectivity index (χ0n) is 12.3. The molecule has 6 nitrogen and oxygen atoms in total. The minimum Gasteiger partial charge on any atom is -0.480 e. The molecule has 0 unspecified atom stereocenters. The molecule has 0 spiro atoms. The van der Waals surface area contributed by atoms with Crippen molar-refractivity contribution >= 4 is 41.6 Å². The Kier molecular flexibility index (Phi) is 8.45. The summed E-state index contributed by atoms with van der Waals surface area (Å²) < 4.78 is 0. The average Bonchev–Trinajstić information content (AvgIpc) is 2.36. The summed E-state index contributed by atoms with van der Waals surface area (Å²) >= 11 is 0. The molecule has 0 saturated heterocycles. The molecule has 2 N–H and O–H groups in total. The second-order valence-corrected chi connectivity index (χ2v) is 4.62. The van der Waals surface area contributed by atoms with Crippen molar-refractivity contribution in [3.05, 3.63) is 30.1 Å². The van der Waals surface area contributed by atoms with E-state index in [1.54, 1.807) is 32.2 Å². The summed E-state index contributed by atoms with van der Waals surface area (Å²) in [4.78, 5) is 28.3. The van der Waals surface area contributed by atoms with Gasteiger partial charge in [-0.15, -0.1) is 0 Å². The van der Waals surface area contributed by atoms with Crippen LogP contribution in [0.25, 0.3) is 0 Å². The van der Waals surface area contributed by atoms with Gasteiger partial charge < -0.3 is 15.3 Å². The Bertz CT molecular complexity index is 440. The third-order valence-electron chi connectivity index (χ3n) is 2.77. The minimum absolute atomic E-state index is 0. The Labute approximate surface area is 140 Å². The molecule has 0 aromatic carbocycles. The van der Waals surface area contributed by atoms with Gasteiger partial charge in [-0.1, -0.05) is 19.9 Å². The van der Waals surface area contributed by atoms with Crippen LogP contribution in [0.3, 0.4) is 0 Å². The number of pyridine rings is 1. The number of hydrogen-bond donors (Lipinski definition) is 2. The summed E-state index contributed by atoms with van der Waals surface area (Å²) in [6.45, 7) is 3.80. The van der Waals surface area contributed by atoms with E-state index in [-0.39, 0.29) is 42.0 Å². The van der Waals surface area contributed by atoms with Gasteiger partial charge in [0.05, 0.1) is 12.2 Å². The van der Waals surface area contributed by atoms with E-state index in [2.05, 4.69) is 10.3 Å². The van der Waals surface area contributed by atoms with Crippen LogP contribution in [-0.2, 0) is 11.3 Å². The minimum atomic E-state index is -1.01. The molecule has 0 aliphatic rings. The van der Waals surface area contributed by atoms with Crippen LogP contribution in [0.2, 0.25) is 0 Å². The molecule has 0 aliphatic heterocycles. The molecule has 20 heavy (non-hydrogen) atoms. The monoisotopic (exact) mass is 288 g/mol. The average molecular weight is 288 g/mol. The predicted octanol–water partition coefficient (Wildman–Crippen LogP) is 0.951. The summed E-state index contributed by atoms with van der Waals surface area (Å²) in [6.07, 6.45) is 1.64. The van der Waals surface area contributed by atoms with Crippen LogP contribution in [0.5, 0.6) is 0 Å². The molecule has 1 atom stereocenters. The Hall–Kier alpha value is -1.11. The normalized spacial score (nSPS) is 11.4. The van der Waals surface area contributed by atoms with Gasteiger partial charge in [-0.25, -0.2) is 9.59 Å². The number of aromatic nitrogens is 1. The number of carbonyl (C=O) groups excluding carboxylic acids is 1. The molecule has 1 aromatic heterocycles. The number of rotatable bonds is 5. The van der Waals surface area contributed by atoms with Crippen molar-refractivity contribution in [1.29, 1.82) is 0 Å². The first-order chi connectivity index (χ1) is 8.93. The van der Waals surface area contributed by atoms with Gasteiger partial charge in [-0.05, 0) is 18.1 Å². The molecule has 1 heterocycles. The number of hydrogen-bond acceptors (Lipinski definition) is 3. The fraction of sp³-hybridized carbons (Fsp3) is 0.462. The second kappa shape index (κ2) is 8.94. The van der Waals surface area contributed by atoms with Gasteiger partial charge in [-0.3, -0.25) is 4.98 Å². The topological polar surface area (TPSA) is 82.5 Å². The molecule has 0 fully saturated rings. The van der Waals surface area contributed by atoms with Crippen LogP contribution < -0.4 is 5.32 Å². The van der Waals surface area contributed by atoms with E-state index in [0.717, 1.165) is 5.69 Å². The van der Waals surface area contributed by atoms with Crippen LogP contribution in [0.15, 0.2) is 24.4 Å². The van der Waals surface area contributed by atoms with E-state index in [9.17, 15) is 9.59 Å². The first kappa shape index (κ1) is 18.9. The number of carboxylic acids is 1. The van der Waals surface area contributed by atoms with Gasteiger partial charge in [0.15, 0.2) is 0 Å². The predicted molar refractivity (Wildman–Crippen MR) is 76.3 cm³/mol. The van der Waals surface area contributed by atoms with E-state index >= 15 is 0 Å². The van der Waals surface area contributed by atoms with Gasteiger partial charge in [0.2, 0.25) is 0 Å². The third kappa shape index (κ3) is 5.48. The number of aliphatic carboxylic acids is 1. The molecule has 1 rings (SSSR count). The van der Waals surface area contributed by atoms with E-state index in [0.29, 0.717) is 0 Å². The fourth-order valence-corrected chi connectivity index (χ4v) is 1.82. The van der Waals surface area contributed by atoms with Crippen molar-refractivity contribution in [3.63, 3.8) is 0 Å². The SMILES string of the molecule is CC(C)[C@@H](C(=O)O)N(C)C(=O)NCc1ccccn1.[Na]. The number of amides is 2. The largest absolute Gasteiger partial charge is 0.480 e. The summed E-state index contributed by atoms with van der Waals surface area (Å²) in [6, 6.07) is 4.14. The standard InChI is InChI=1S/C13H19N3O3.Na/c1-9(2)11(12(17)18)16(3)13(19)15-8-10-6-4-5-7-14-10;/h4-7,9,11H,8H2,1-3H3,(H,15,19)(H,17,18);/t11-;/m0./s1. The van der Waals surface area contributed by atoms with Gasteiger partial charge >= 0.3 is 12.0 Å². The Morgan fingerprint density at radius 1 is 1.40 bits per heavy atom. The van der Waals surface area contributed by atoms with Gasteiger partial charge in [-0.2, -0.15) is 0 Å². The summed E-state index contributed by atoms with van der Waals surface area (Å²) in [5.74, 6) is -1.17. The second-order valence-electron chi connectivity index (χ2n) is 4.62. The van der Waals surface area contributed by atoms with E-state index < -0.39 is 18.0 Å². The zero-order chi connectivity index (χ0) is 14.4. The van der Waals surface area contributed by atoms with Crippen molar-refractivity contribution in [3.8, 4) is 0 Å². The van der Waals surface area contributed by atoms with Crippen LogP contribution >= 0.6 is 0 Å². The molecule has 1 aromatic rings. The number of urea groups is 1. The van der Waals surface area contributed by atoms with Crippen molar-refractivity contribution in [1.82, 2.24) is 15.2 Å². The van der Waals surface area contributed by atoms with E-state index in [1.807, 2.05) is 6.07 Å². The van der Waals surface area contributed by atoms with Gasteiger partial charge in [0.1, 0.15) is 6.04 Å². The molecular weight excluding hydrogens is 269 g/mol. The van der Waals surface area contributed by atoms with Crippen LogP contribution in [0.1, 0.15) is 19.5 Å². The first-order valence-corrected chi connectivity index (χ1v) is 6.07. The van der Waals surface area contributed by atoms with E-state index in [1.165, 1.54) is 11.9 Å². The number of nitrogens with zero attached hydrogens (tertiary/aromatic N) is 2. The maximum atomic E-state index is 11.9. The summed E-state index contributed by atoms with van der Waals surface area (Å²) in [7, 11) is 1.48. The number of carboxylic acid groups (broad SMARTS) is 1.